The Balaban J connectivity index is 2.15. The molecule has 2 aromatic rings. The summed E-state index contributed by atoms with van der Waals surface area (Å²) in [7, 11) is 0. The molecule has 1 aromatic carbocycles. The predicted molar refractivity (Wildman–Crippen MR) is 62.7 cm³/mol. The van der Waals surface area contributed by atoms with E-state index in [1.165, 1.54) is 0 Å². The minimum absolute atomic E-state index is 0.0199. The minimum Gasteiger partial charge on any atom is -0.338 e. The van der Waals surface area contributed by atoms with E-state index in [4.69, 9.17) is 11.6 Å². The van der Waals surface area contributed by atoms with E-state index < -0.39 is 0 Å². The van der Waals surface area contributed by atoms with Crippen LogP contribution in [0.3, 0.4) is 0 Å². The summed E-state index contributed by atoms with van der Waals surface area (Å²) in [4.78, 5) is 11.9. The molecule has 2 heterocycles. The van der Waals surface area contributed by atoms with Crippen LogP contribution in [0.25, 0.3) is 0 Å². The summed E-state index contributed by atoms with van der Waals surface area (Å²) in [6, 6.07) is 8.94. The SMILES string of the molecule is O=C1Nc2ccc(Cl)cc2C1n1cccc1. The smallest absolute Gasteiger partial charge is 0.252 e. The van der Waals surface area contributed by atoms with Gasteiger partial charge in [0, 0.05) is 28.7 Å². The molecule has 0 saturated heterocycles. The zero-order chi connectivity index (χ0) is 11.1. The molecule has 1 aliphatic heterocycles. The highest BCUT2D eigenvalue weighted by atomic mass is 35.5. The number of nitrogens with one attached hydrogen (secondary N) is 1. The molecule has 0 saturated carbocycles. The van der Waals surface area contributed by atoms with Crippen molar-refractivity contribution in [3.05, 3.63) is 53.3 Å². The lowest BCUT2D eigenvalue weighted by Crippen LogP contribution is -2.18. The van der Waals surface area contributed by atoms with Gasteiger partial charge in [-0.15, -0.1) is 0 Å². The van der Waals surface area contributed by atoms with Gasteiger partial charge in [0.15, 0.2) is 0 Å². The average molecular weight is 233 g/mol. The molecule has 1 N–H and O–H groups in total. The Morgan fingerprint density at radius 3 is 2.75 bits per heavy atom. The summed E-state index contributed by atoms with van der Waals surface area (Å²) in [5, 5.41) is 3.49. The third-order valence-corrected chi connectivity index (χ3v) is 2.98. The van der Waals surface area contributed by atoms with Crippen LogP contribution in [-0.4, -0.2) is 10.5 Å². The van der Waals surface area contributed by atoms with Crippen LogP contribution in [0.4, 0.5) is 5.69 Å². The number of benzene rings is 1. The van der Waals surface area contributed by atoms with E-state index in [1.807, 2.05) is 41.2 Å². The third-order valence-electron chi connectivity index (χ3n) is 2.74. The maximum atomic E-state index is 11.9. The van der Waals surface area contributed by atoms with Crippen LogP contribution >= 0.6 is 11.6 Å². The quantitative estimate of drug-likeness (QED) is 0.806. The van der Waals surface area contributed by atoms with Crippen molar-refractivity contribution in [2.24, 2.45) is 0 Å². The van der Waals surface area contributed by atoms with Crippen molar-refractivity contribution in [1.29, 1.82) is 0 Å². The van der Waals surface area contributed by atoms with Crippen LogP contribution < -0.4 is 5.32 Å². The van der Waals surface area contributed by atoms with Gasteiger partial charge >= 0.3 is 0 Å². The number of aromatic nitrogens is 1. The maximum absolute atomic E-state index is 11.9. The van der Waals surface area contributed by atoms with E-state index in [0.29, 0.717) is 5.02 Å². The fraction of sp³-hybridized carbons (Fsp3) is 0.0833. The van der Waals surface area contributed by atoms with Gasteiger partial charge in [0.25, 0.3) is 5.91 Å². The summed E-state index contributed by atoms with van der Waals surface area (Å²) >= 11 is 5.95. The molecule has 0 bridgehead atoms. The van der Waals surface area contributed by atoms with Crippen molar-refractivity contribution in [3.8, 4) is 0 Å². The van der Waals surface area contributed by atoms with Crippen LogP contribution in [0.5, 0.6) is 0 Å². The number of anilines is 1. The highest BCUT2D eigenvalue weighted by Gasteiger charge is 2.31. The second-order valence-electron chi connectivity index (χ2n) is 3.75. The molecular formula is C12H9ClN2O. The molecule has 80 valence electrons. The number of nitrogens with zero attached hydrogens (tertiary/aromatic N) is 1. The summed E-state index contributed by atoms with van der Waals surface area (Å²) in [5.41, 5.74) is 1.77. The molecule has 16 heavy (non-hydrogen) atoms. The van der Waals surface area contributed by atoms with Gasteiger partial charge in [0.2, 0.25) is 0 Å². The molecule has 0 aliphatic carbocycles. The zero-order valence-corrected chi connectivity index (χ0v) is 9.11. The van der Waals surface area contributed by atoms with Crippen molar-refractivity contribution in [2.45, 2.75) is 6.04 Å². The van der Waals surface area contributed by atoms with Crippen molar-refractivity contribution >= 4 is 23.2 Å². The van der Waals surface area contributed by atoms with Gasteiger partial charge in [0.05, 0.1) is 0 Å². The Kier molecular flexibility index (Phi) is 2.01. The Bertz CT molecular complexity index is 548. The Labute approximate surface area is 97.6 Å². The molecule has 0 radical (unpaired) electrons. The first-order valence-corrected chi connectivity index (χ1v) is 5.36. The number of hydrogen-bond donors (Lipinski definition) is 1. The molecule has 1 aliphatic rings. The summed E-state index contributed by atoms with van der Waals surface area (Å²) < 4.78 is 1.87. The first-order valence-electron chi connectivity index (χ1n) is 4.98. The number of rotatable bonds is 1. The topological polar surface area (TPSA) is 34.0 Å². The van der Waals surface area contributed by atoms with Crippen molar-refractivity contribution in [1.82, 2.24) is 4.57 Å². The molecule has 3 nitrogen and oxygen atoms in total. The Morgan fingerprint density at radius 1 is 1.25 bits per heavy atom. The highest BCUT2D eigenvalue weighted by Crippen LogP contribution is 2.35. The van der Waals surface area contributed by atoms with Gasteiger partial charge in [-0.1, -0.05) is 11.6 Å². The van der Waals surface area contributed by atoms with Gasteiger partial charge < -0.3 is 9.88 Å². The third kappa shape index (κ3) is 1.32. The van der Waals surface area contributed by atoms with Crippen LogP contribution in [0.1, 0.15) is 11.6 Å². The first-order chi connectivity index (χ1) is 7.75. The van der Waals surface area contributed by atoms with Crippen molar-refractivity contribution < 1.29 is 4.79 Å². The molecular weight excluding hydrogens is 224 g/mol. The molecule has 3 rings (SSSR count). The number of amides is 1. The van der Waals surface area contributed by atoms with E-state index in [2.05, 4.69) is 5.32 Å². The van der Waals surface area contributed by atoms with Crippen molar-refractivity contribution in [2.75, 3.05) is 5.32 Å². The first kappa shape index (κ1) is 9.48. The molecule has 1 unspecified atom stereocenters. The molecule has 1 atom stereocenters. The van der Waals surface area contributed by atoms with Gasteiger partial charge in [-0.2, -0.15) is 0 Å². The lowest BCUT2D eigenvalue weighted by molar-refractivity contribution is -0.117. The molecule has 1 aromatic heterocycles. The molecule has 1 amide bonds. The van der Waals surface area contributed by atoms with Gasteiger partial charge in [-0.25, -0.2) is 0 Å². The van der Waals surface area contributed by atoms with Crippen LogP contribution in [0.15, 0.2) is 42.7 Å². The Morgan fingerprint density at radius 2 is 2.00 bits per heavy atom. The number of carbonyl (C=O) groups is 1. The fourth-order valence-corrected chi connectivity index (χ4v) is 2.21. The van der Waals surface area contributed by atoms with E-state index in [9.17, 15) is 4.79 Å². The summed E-state index contributed by atoms with van der Waals surface area (Å²) in [6.45, 7) is 0. The molecule has 4 heteroatoms. The van der Waals surface area contributed by atoms with Gasteiger partial charge in [-0.05, 0) is 30.3 Å². The fourth-order valence-electron chi connectivity index (χ4n) is 2.03. The van der Waals surface area contributed by atoms with Crippen molar-refractivity contribution in [3.63, 3.8) is 0 Å². The van der Waals surface area contributed by atoms with E-state index in [-0.39, 0.29) is 11.9 Å². The van der Waals surface area contributed by atoms with Crippen LogP contribution in [-0.2, 0) is 4.79 Å². The second-order valence-corrected chi connectivity index (χ2v) is 4.19. The Hall–Kier alpha value is -1.74. The van der Waals surface area contributed by atoms with Crippen LogP contribution in [0.2, 0.25) is 5.02 Å². The normalized spacial score (nSPS) is 18.3. The number of fused-ring (bicyclic) bond motifs is 1. The standard InChI is InChI=1S/C12H9ClN2O/c13-8-3-4-10-9(7-8)11(12(16)14-10)15-5-1-2-6-15/h1-7,11H,(H,14,16). The van der Waals surface area contributed by atoms with E-state index in [0.717, 1.165) is 11.3 Å². The summed E-state index contributed by atoms with van der Waals surface area (Å²) in [6.07, 6.45) is 3.75. The zero-order valence-electron chi connectivity index (χ0n) is 8.35. The summed E-state index contributed by atoms with van der Waals surface area (Å²) in [5.74, 6) is -0.0199. The highest BCUT2D eigenvalue weighted by molar-refractivity contribution is 6.31. The van der Waals surface area contributed by atoms with Gasteiger partial charge in [0.1, 0.15) is 6.04 Å². The number of halogens is 1. The number of hydrogen-bond acceptors (Lipinski definition) is 1. The monoisotopic (exact) mass is 232 g/mol. The largest absolute Gasteiger partial charge is 0.338 e. The lowest BCUT2D eigenvalue weighted by atomic mass is 10.1. The maximum Gasteiger partial charge on any atom is 0.252 e. The van der Waals surface area contributed by atoms with Crippen LogP contribution in [0, 0.1) is 0 Å². The predicted octanol–water partition coefficient (Wildman–Crippen LogP) is 2.68. The van der Waals surface area contributed by atoms with Gasteiger partial charge in [-0.3, -0.25) is 4.79 Å². The minimum atomic E-state index is -0.302. The number of carbonyl (C=O) groups excluding carboxylic acids is 1. The average Bonchev–Trinajstić information content (AvgIpc) is 2.83. The van der Waals surface area contributed by atoms with E-state index >= 15 is 0 Å². The van der Waals surface area contributed by atoms with E-state index in [1.54, 1.807) is 6.07 Å². The lowest BCUT2D eigenvalue weighted by Gasteiger charge is -2.10. The second kappa shape index (κ2) is 3.39. The molecule has 0 spiro atoms. The molecule has 0 fully saturated rings.